The van der Waals surface area contributed by atoms with Crippen LogP contribution in [0.1, 0.15) is 11.4 Å². The van der Waals surface area contributed by atoms with Crippen LogP contribution in [0.25, 0.3) is 6.08 Å². The molecule has 14 heavy (non-hydrogen) atoms. The number of esters is 1. The van der Waals surface area contributed by atoms with E-state index >= 15 is 0 Å². The smallest absolute Gasteiger partial charge is 0.313 e. The van der Waals surface area contributed by atoms with Crippen molar-refractivity contribution in [1.82, 2.24) is 4.98 Å². The number of ketones is 1. The number of aromatic nitrogens is 1. The average Bonchev–Trinajstić information content (AvgIpc) is 2.67. The maximum atomic E-state index is 11.1. The van der Waals surface area contributed by atoms with Crippen LogP contribution in [-0.4, -0.2) is 23.8 Å². The van der Waals surface area contributed by atoms with E-state index in [2.05, 4.69) is 9.72 Å². The monoisotopic (exact) mass is 211 g/mol. The fourth-order valence-corrected chi connectivity index (χ4v) is 1.28. The predicted molar refractivity (Wildman–Crippen MR) is 52.8 cm³/mol. The molecule has 1 aromatic heterocycles. The normalized spacial score (nSPS) is 10.4. The highest BCUT2D eigenvalue weighted by molar-refractivity contribution is 7.10. The summed E-state index contributed by atoms with van der Waals surface area (Å²) in [6.45, 7) is 0. The quantitative estimate of drug-likeness (QED) is 0.428. The minimum atomic E-state index is -0.529. The highest BCUT2D eigenvalue weighted by atomic mass is 32.1. The molecule has 0 unspecified atom stereocenters. The number of methoxy groups -OCH3 is 1. The third-order valence-corrected chi connectivity index (χ3v) is 2.15. The third kappa shape index (κ3) is 3.49. The lowest BCUT2D eigenvalue weighted by molar-refractivity contribution is -0.142. The van der Waals surface area contributed by atoms with Crippen LogP contribution < -0.4 is 0 Å². The van der Waals surface area contributed by atoms with Crippen LogP contribution in [0.15, 0.2) is 17.7 Å². The lowest BCUT2D eigenvalue weighted by atomic mass is 10.2. The first kappa shape index (κ1) is 10.6. The van der Waals surface area contributed by atoms with Crippen molar-refractivity contribution in [1.29, 1.82) is 0 Å². The van der Waals surface area contributed by atoms with Gasteiger partial charge in [0.05, 0.1) is 7.11 Å². The van der Waals surface area contributed by atoms with Crippen molar-refractivity contribution < 1.29 is 14.3 Å². The topological polar surface area (TPSA) is 56.3 Å². The Kier molecular flexibility index (Phi) is 4.00. The maximum absolute atomic E-state index is 11.1. The molecule has 0 spiro atoms. The second-order valence-corrected chi connectivity index (χ2v) is 3.35. The Morgan fingerprint density at radius 1 is 1.64 bits per heavy atom. The van der Waals surface area contributed by atoms with E-state index in [0.29, 0.717) is 0 Å². The summed E-state index contributed by atoms with van der Waals surface area (Å²) in [6.07, 6.45) is 4.33. The summed E-state index contributed by atoms with van der Waals surface area (Å²) in [5, 5.41) is 2.55. The van der Waals surface area contributed by atoms with Crippen LogP contribution in [0.3, 0.4) is 0 Å². The first-order valence-electron chi connectivity index (χ1n) is 3.89. The van der Waals surface area contributed by atoms with Crippen molar-refractivity contribution in [2.24, 2.45) is 0 Å². The van der Waals surface area contributed by atoms with E-state index in [-0.39, 0.29) is 12.2 Å². The Hall–Kier alpha value is -1.49. The van der Waals surface area contributed by atoms with Crippen LogP contribution in [0, 0.1) is 0 Å². The van der Waals surface area contributed by atoms with Crippen LogP contribution in [0.4, 0.5) is 0 Å². The van der Waals surface area contributed by atoms with Crippen molar-refractivity contribution in [2.75, 3.05) is 7.11 Å². The number of hydrogen-bond donors (Lipinski definition) is 0. The summed E-state index contributed by atoms with van der Waals surface area (Å²) in [4.78, 5) is 25.7. The molecule has 0 aliphatic heterocycles. The number of carbonyl (C=O) groups excluding carboxylic acids is 2. The summed E-state index contributed by atoms with van der Waals surface area (Å²) in [7, 11) is 1.25. The molecular weight excluding hydrogens is 202 g/mol. The van der Waals surface area contributed by atoms with Crippen molar-refractivity contribution >= 4 is 29.2 Å². The SMILES string of the molecule is COC(=O)CC(=O)/C=C/c1nccs1. The van der Waals surface area contributed by atoms with Gasteiger partial charge in [-0.2, -0.15) is 0 Å². The Balaban J connectivity index is 2.45. The molecule has 0 saturated carbocycles. The zero-order valence-electron chi connectivity index (χ0n) is 7.60. The highest BCUT2D eigenvalue weighted by Gasteiger charge is 2.05. The molecule has 5 heteroatoms. The second kappa shape index (κ2) is 5.29. The lowest BCUT2D eigenvalue weighted by Gasteiger charge is -1.93. The minimum absolute atomic E-state index is 0.224. The third-order valence-electron chi connectivity index (χ3n) is 1.41. The zero-order chi connectivity index (χ0) is 10.4. The number of carbonyl (C=O) groups is 2. The van der Waals surface area contributed by atoms with Crippen LogP contribution in [-0.2, 0) is 14.3 Å². The van der Waals surface area contributed by atoms with Gasteiger partial charge in [0.2, 0.25) is 0 Å². The van der Waals surface area contributed by atoms with Crippen LogP contribution in [0.5, 0.6) is 0 Å². The van der Waals surface area contributed by atoms with Gasteiger partial charge in [0.25, 0.3) is 0 Å². The Labute approximate surface area is 85.2 Å². The molecule has 1 rings (SSSR count). The molecule has 1 heterocycles. The van der Waals surface area contributed by atoms with E-state index in [1.165, 1.54) is 24.5 Å². The number of hydrogen-bond acceptors (Lipinski definition) is 5. The number of allylic oxidation sites excluding steroid dienone is 1. The Morgan fingerprint density at radius 3 is 3.00 bits per heavy atom. The molecule has 0 N–H and O–H groups in total. The lowest BCUT2D eigenvalue weighted by Crippen LogP contribution is -2.06. The van der Waals surface area contributed by atoms with Gasteiger partial charge in [-0.15, -0.1) is 11.3 Å². The molecule has 0 aliphatic rings. The molecule has 0 saturated heterocycles. The van der Waals surface area contributed by atoms with Gasteiger partial charge in [-0.25, -0.2) is 4.98 Å². The van der Waals surface area contributed by atoms with Gasteiger partial charge in [-0.1, -0.05) is 0 Å². The van der Waals surface area contributed by atoms with E-state index in [9.17, 15) is 9.59 Å². The molecule has 4 nitrogen and oxygen atoms in total. The van der Waals surface area contributed by atoms with Crippen LogP contribution >= 0.6 is 11.3 Å². The molecule has 74 valence electrons. The molecule has 0 aromatic carbocycles. The van der Waals surface area contributed by atoms with Gasteiger partial charge in [0.1, 0.15) is 11.4 Å². The van der Waals surface area contributed by atoms with Gasteiger partial charge in [0, 0.05) is 11.6 Å². The number of ether oxygens (including phenoxy) is 1. The van der Waals surface area contributed by atoms with Crippen molar-refractivity contribution in [2.45, 2.75) is 6.42 Å². The number of nitrogens with zero attached hydrogens (tertiary/aromatic N) is 1. The summed E-state index contributed by atoms with van der Waals surface area (Å²) in [5.74, 6) is -0.814. The minimum Gasteiger partial charge on any atom is -0.469 e. The Morgan fingerprint density at radius 2 is 2.43 bits per heavy atom. The second-order valence-electron chi connectivity index (χ2n) is 2.42. The molecule has 0 radical (unpaired) electrons. The first-order chi connectivity index (χ1) is 6.72. The average molecular weight is 211 g/mol. The van der Waals surface area contributed by atoms with E-state index in [1.54, 1.807) is 12.3 Å². The fraction of sp³-hybridized carbons (Fsp3) is 0.222. The maximum Gasteiger partial charge on any atom is 0.313 e. The summed E-state index contributed by atoms with van der Waals surface area (Å²) in [6, 6.07) is 0. The van der Waals surface area contributed by atoms with Gasteiger partial charge in [-0.3, -0.25) is 9.59 Å². The summed E-state index contributed by atoms with van der Waals surface area (Å²) < 4.78 is 4.35. The molecule has 0 aliphatic carbocycles. The number of rotatable bonds is 4. The van der Waals surface area contributed by atoms with E-state index in [1.807, 2.05) is 5.38 Å². The van der Waals surface area contributed by atoms with Crippen molar-refractivity contribution in [3.8, 4) is 0 Å². The van der Waals surface area contributed by atoms with Crippen molar-refractivity contribution in [3.63, 3.8) is 0 Å². The van der Waals surface area contributed by atoms with Gasteiger partial charge in [-0.05, 0) is 12.2 Å². The van der Waals surface area contributed by atoms with Gasteiger partial charge in [0.15, 0.2) is 5.78 Å². The van der Waals surface area contributed by atoms with Crippen molar-refractivity contribution in [3.05, 3.63) is 22.7 Å². The Bertz CT molecular complexity index is 343. The zero-order valence-corrected chi connectivity index (χ0v) is 8.41. The standard InChI is InChI=1S/C9H9NO3S/c1-13-9(12)6-7(11)2-3-8-10-4-5-14-8/h2-5H,6H2,1H3/b3-2+. The van der Waals surface area contributed by atoms with Crippen LogP contribution in [0.2, 0.25) is 0 Å². The fourth-order valence-electron chi connectivity index (χ4n) is 0.754. The predicted octanol–water partition coefficient (Wildman–Crippen LogP) is 1.29. The number of thiazole rings is 1. The molecule has 1 aromatic rings. The van der Waals surface area contributed by atoms with E-state index in [0.717, 1.165) is 5.01 Å². The molecular formula is C9H9NO3S. The highest BCUT2D eigenvalue weighted by Crippen LogP contribution is 2.06. The molecule has 0 atom stereocenters. The summed E-state index contributed by atoms with van der Waals surface area (Å²) >= 11 is 1.42. The van der Waals surface area contributed by atoms with E-state index in [4.69, 9.17) is 0 Å². The van der Waals surface area contributed by atoms with Gasteiger partial charge >= 0.3 is 5.97 Å². The van der Waals surface area contributed by atoms with E-state index < -0.39 is 5.97 Å². The van der Waals surface area contributed by atoms with Gasteiger partial charge < -0.3 is 4.74 Å². The molecule has 0 fully saturated rings. The summed E-state index contributed by atoms with van der Waals surface area (Å²) in [5.41, 5.74) is 0. The largest absolute Gasteiger partial charge is 0.469 e. The molecule has 0 amide bonds. The molecule has 0 bridgehead atoms. The first-order valence-corrected chi connectivity index (χ1v) is 4.77.